The Kier molecular flexibility index (Phi) is 13.8. The van der Waals surface area contributed by atoms with Gasteiger partial charge >= 0.3 is 0 Å². The van der Waals surface area contributed by atoms with Gasteiger partial charge in [-0.3, -0.25) is 0 Å². The first-order chi connectivity index (χ1) is 7.41. The van der Waals surface area contributed by atoms with E-state index in [1.807, 2.05) is 14.1 Å². The third-order valence-electron chi connectivity index (χ3n) is 2.56. The fourth-order valence-electron chi connectivity index (χ4n) is 1.58. The van der Waals surface area contributed by atoms with E-state index >= 15 is 0 Å². The number of hydrogen-bond acceptors (Lipinski definition) is 3. The highest BCUT2D eigenvalue weighted by Crippen LogP contribution is 1.94. The summed E-state index contributed by atoms with van der Waals surface area (Å²) in [5, 5.41) is 9.84. The third kappa shape index (κ3) is 13.9. The molecule has 0 heterocycles. The molecule has 92 valence electrons. The van der Waals surface area contributed by atoms with Gasteiger partial charge < -0.3 is 16.0 Å². The zero-order chi connectivity index (χ0) is 11.2. The summed E-state index contributed by atoms with van der Waals surface area (Å²) in [6, 6.07) is 0. The van der Waals surface area contributed by atoms with E-state index < -0.39 is 0 Å². The van der Waals surface area contributed by atoms with Gasteiger partial charge in [0.2, 0.25) is 0 Å². The number of nitrogens with one attached hydrogen (secondary N) is 3. The maximum absolute atomic E-state index is 3.50. The van der Waals surface area contributed by atoms with Crippen LogP contribution in [0.1, 0.15) is 38.5 Å². The smallest absolute Gasteiger partial charge is 0.00489 e. The fourth-order valence-corrected chi connectivity index (χ4v) is 1.58. The summed E-state index contributed by atoms with van der Waals surface area (Å²) in [4.78, 5) is 0. The molecule has 0 spiro atoms. The van der Waals surface area contributed by atoms with Crippen LogP contribution in [0, 0.1) is 0 Å². The van der Waals surface area contributed by atoms with E-state index in [2.05, 4.69) is 16.0 Å². The van der Waals surface area contributed by atoms with Crippen LogP contribution in [0.3, 0.4) is 0 Å². The van der Waals surface area contributed by atoms with Gasteiger partial charge in [-0.15, -0.1) is 0 Å². The molecule has 0 aliphatic carbocycles. The monoisotopic (exact) mass is 215 g/mol. The molecule has 0 radical (unpaired) electrons. The number of unbranched alkanes of at least 4 members (excludes halogenated alkanes) is 4. The van der Waals surface area contributed by atoms with E-state index in [0.717, 1.165) is 13.1 Å². The van der Waals surface area contributed by atoms with Crippen molar-refractivity contribution in [2.45, 2.75) is 38.5 Å². The summed E-state index contributed by atoms with van der Waals surface area (Å²) in [5.41, 5.74) is 0. The summed E-state index contributed by atoms with van der Waals surface area (Å²) < 4.78 is 0. The molecular weight excluding hydrogens is 186 g/mol. The quantitative estimate of drug-likeness (QED) is 0.430. The average Bonchev–Trinajstić information content (AvgIpc) is 2.26. The van der Waals surface area contributed by atoms with Crippen molar-refractivity contribution in [3.8, 4) is 0 Å². The molecule has 0 aromatic heterocycles. The van der Waals surface area contributed by atoms with Crippen LogP contribution < -0.4 is 16.0 Å². The van der Waals surface area contributed by atoms with Crippen molar-refractivity contribution in [1.82, 2.24) is 16.0 Å². The van der Waals surface area contributed by atoms with Crippen molar-refractivity contribution in [2.75, 3.05) is 40.3 Å². The molecule has 0 atom stereocenters. The second-order valence-corrected chi connectivity index (χ2v) is 4.08. The molecule has 0 unspecified atom stereocenters. The van der Waals surface area contributed by atoms with Crippen molar-refractivity contribution >= 4 is 0 Å². The lowest BCUT2D eigenvalue weighted by molar-refractivity contribution is 0.558. The molecule has 0 fully saturated rings. The lowest BCUT2D eigenvalue weighted by atomic mass is 10.2. The summed E-state index contributed by atoms with van der Waals surface area (Å²) >= 11 is 0. The minimum atomic E-state index is 1.16. The molecule has 0 aliphatic rings. The van der Waals surface area contributed by atoms with Gasteiger partial charge in [-0.25, -0.2) is 0 Å². The normalized spacial score (nSPS) is 10.8. The second kappa shape index (κ2) is 13.9. The van der Waals surface area contributed by atoms with Gasteiger partial charge in [0.15, 0.2) is 0 Å². The minimum absolute atomic E-state index is 1.16. The van der Waals surface area contributed by atoms with E-state index in [1.165, 1.54) is 51.6 Å². The molecule has 3 N–H and O–H groups in total. The van der Waals surface area contributed by atoms with E-state index in [4.69, 9.17) is 0 Å². The van der Waals surface area contributed by atoms with Gasteiger partial charge in [0.05, 0.1) is 0 Å². The Morgan fingerprint density at radius 2 is 0.933 bits per heavy atom. The van der Waals surface area contributed by atoms with Gasteiger partial charge in [0, 0.05) is 0 Å². The van der Waals surface area contributed by atoms with E-state index in [9.17, 15) is 0 Å². The highest BCUT2D eigenvalue weighted by atomic mass is 14.8. The lowest BCUT2D eigenvalue weighted by Crippen LogP contribution is -2.17. The summed E-state index contributed by atoms with van der Waals surface area (Å²) in [5.74, 6) is 0. The summed E-state index contributed by atoms with van der Waals surface area (Å²) in [7, 11) is 4.03. The molecule has 0 saturated heterocycles. The molecular formula is C12H29N3. The Morgan fingerprint density at radius 3 is 1.33 bits per heavy atom. The number of rotatable bonds is 12. The van der Waals surface area contributed by atoms with Crippen LogP contribution in [-0.2, 0) is 0 Å². The Bertz CT molecular complexity index is 95.0. The Balaban J connectivity index is 2.81. The van der Waals surface area contributed by atoms with Crippen LogP contribution in [0.5, 0.6) is 0 Å². The van der Waals surface area contributed by atoms with Crippen molar-refractivity contribution in [1.29, 1.82) is 0 Å². The SMILES string of the molecule is CNCCCCCNCCCCCNC. The molecule has 0 bridgehead atoms. The fraction of sp³-hybridized carbons (Fsp3) is 1.00. The molecule has 0 aliphatic heterocycles. The van der Waals surface area contributed by atoms with Crippen LogP contribution in [0.4, 0.5) is 0 Å². The Morgan fingerprint density at radius 1 is 0.533 bits per heavy atom. The number of hydrogen-bond donors (Lipinski definition) is 3. The summed E-state index contributed by atoms with van der Waals surface area (Å²) in [6.45, 7) is 4.69. The van der Waals surface area contributed by atoms with Crippen molar-refractivity contribution in [3.05, 3.63) is 0 Å². The second-order valence-electron chi connectivity index (χ2n) is 4.08. The maximum Gasteiger partial charge on any atom is -0.00489 e. The van der Waals surface area contributed by atoms with Gasteiger partial charge in [0.1, 0.15) is 0 Å². The predicted molar refractivity (Wildman–Crippen MR) is 68.4 cm³/mol. The van der Waals surface area contributed by atoms with E-state index in [0.29, 0.717) is 0 Å². The predicted octanol–water partition coefficient (Wildman–Crippen LogP) is 1.36. The van der Waals surface area contributed by atoms with Crippen LogP contribution in [0.25, 0.3) is 0 Å². The van der Waals surface area contributed by atoms with Crippen LogP contribution in [0.2, 0.25) is 0 Å². The van der Waals surface area contributed by atoms with Gasteiger partial charge in [-0.2, -0.15) is 0 Å². The maximum atomic E-state index is 3.50. The highest BCUT2D eigenvalue weighted by Gasteiger charge is 1.90. The van der Waals surface area contributed by atoms with Crippen molar-refractivity contribution < 1.29 is 0 Å². The molecule has 0 rings (SSSR count). The van der Waals surface area contributed by atoms with Crippen LogP contribution >= 0.6 is 0 Å². The molecule has 3 nitrogen and oxygen atoms in total. The molecule has 0 amide bonds. The van der Waals surface area contributed by atoms with E-state index in [1.54, 1.807) is 0 Å². The van der Waals surface area contributed by atoms with Crippen LogP contribution in [0.15, 0.2) is 0 Å². The zero-order valence-corrected chi connectivity index (χ0v) is 10.6. The van der Waals surface area contributed by atoms with Gasteiger partial charge in [0.25, 0.3) is 0 Å². The molecule has 0 aromatic rings. The largest absolute Gasteiger partial charge is 0.320 e. The summed E-state index contributed by atoms with van der Waals surface area (Å²) in [6.07, 6.45) is 7.93. The molecule has 0 saturated carbocycles. The zero-order valence-electron chi connectivity index (χ0n) is 10.6. The third-order valence-corrected chi connectivity index (χ3v) is 2.56. The molecule has 3 heteroatoms. The molecule has 15 heavy (non-hydrogen) atoms. The Hall–Kier alpha value is -0.120. The first-order valence-corrected chi connectivity index (χ1v) is 6.41. The standard InChI is InChI=1S/C12H29N3/c1-13-9-5-3-7-11-15-12-8-4-6-10-14-2/h13-15H,3-12H2,1-2H3. The highest BCUT2D eigenvalue weighted by molar-refractivity contribution is 4.51. The Labute approximate surface area is 95.4 Å². The van der Waals surface area contributed by atoms with E-state index in [-0.39, 0.29) is 0 Å². The first kappa shape index (κ1) is 14.9. The molecule has 0 aromatic carbocycles. The first-order valence-electron chi connectivity index (χ1n) is 6.41. The van der Waals surface area contributed by atoms with Gasteiger partial charge in [-0.1, -0.05) is 12.8 Å². The van der Waals surface area contributed by atoms with Gasteiger partial charge in [-0.05, 0) is 66.0 Å². The topological polar surface area (TPSA) is 36.1 Å². The van der Waals surface area contributed by atoms with Crippen LogP contribution in [-0.4, -0.2) is 40.3 Å². The average molecular weight is 215 g/mol. The minimum Gasteiger partial charge on any atom is -0.320 e. The van der Waals surface area contributed by atoms with Crippen molar-refractivity contribution in [2.24, 2.45) is 0 Å². The lowest BCUT2D eigenvalue weighted by Gasteiger charge is -2.04. The van der Waals surface area contributed by atoms with Crippen molar-refractivity contribution in [3.63, 3.8) is 0 Å².